The highest BCUT2D eigenvalue weighted by atomic mass is 15.2. The Morgan fingerprint density at radius 2 is 2.00 bits per heavy atom. The van der Waals surface area contributed by atoms with Gasteiger partial charge in [-0.25, -0.2) is 4.98 Å². The van der Waals surface area contributed by atoms with Gasteiger partial charge in [-0.1, -0.05) is 6.07 Å². The average Bonchev–Trinajstić information content (AvgIpc) is 3.22. The summed E-state index contributed by atoms with van der Waals surface area (Å²) >= 11 is 0. The van der Waals surface area contributed by atoms with Gasteiger partial charge in [0, 0.05) is 25.3 Å². The fraction of sp³-hybridized carbons (Fsp3) is 0.667. The molecule has 2 heterocycles. The molecule has 2 aliphatic rings. The van der Waals surface area contributed by atoms with E-state index in [1.54, 1.807) is 0 Å². The lowest BCUT2D eigenvalue weighted by molar-refractivity contribution is 0.381. The third-order valence-corrected chi connectivity index (χ3v) is 4.11. The van der Waals surface area contributed by atoms with Crippen LogP contribution in [0.25, 0.3) is 0 Å². The molecule has 1 aromatic rings. The first kappa shape index (κ1) is 12.0. The Bertz CT molecular complexity index is 375. The number of piperidine rings is 1. The lowest BCUT2D eigenvalue weighted by Crippen LogP contribution is -2.38. The van der Waals surface area contributed by atoms with Gasteiger partial charge in [0.2, 0.25) is 0 Å². The molecule has 98 valence electrons. The second-order valence-corrected chi connectivity index (χ2v) is 5.81. The lowest BCUT2D eigenvalue weighted by atomic mass is 9.97. The smallest absolute Gasteiger partial charge is 0.128 e. The molecule has 1 saturated heterocycles. The van der Waals surface area contributed by atoms with E-state index in [4.69, 9.17) is 0 Å². The van der Waals surface area contributed by atoms with E-state index in [0.29, 0.717) is 0 Å². The van der Waals surface area contributed by atoms with Gasteiger partial charge in [0.25, 0.3) is 0 Å². The first-order valence-electron chi connectivity index (χ1n) is 7.22. The molecule has 0 unspecified atom stereocenters. The Morgan fingerprint density at radius 3 is 2.61 bits per heavy atom. The Labute approximate surface area is 110 Å². The molecular weight excluding hydrogens is 222 g/mol. The Balaban J connectivity index is 1.48. The average molecular weight is 245 g/mol. The SMILES string of the molecule is Cc1ccc(N2CCC(CNC3CC3)CC2)nc1. The van der Waals surface area contributed by atoms with Crippen molar-refractivity contribution < 1.29 is 0 Å². The maximum absolute atomic E-state index is 4.52. The molecule has 0 amide bonds. The van der Waals surface area contributed by atoms with Crippen molar-refractivity contribution in [3.05, 3.63) is 23.9 Å². The van der Waals surface area contributed by atoms with Crippen LogP contribution in [0, 0.1) is 12.8 Å². The molecule has 0 radical (unpaired) electrons. The molecule has 18 heavy (non-hydrogen) atoms. The molecule has 2 fully saturated rings. The lowest BCUT2D eigenvalue weighted by Gasteiger charge is -2.33. The maximum Gasteiger partial charge on any atom is 0.128 e. The normalized spacial score (nSPS) is 21.3. The van der Waals surface area contributed by atoms with Gasteiger partial charge >= 0.3 is 0 Å². The van der Waals surface area contributed by atoms with Crippen LogP contribution in [-0.4, -0.2) is 30.7 Å². The van der Waals surface area contributed by atoms with Gasteiger partial charge in [-0.05, 0) is 56.7 Å². The van der Waals surface area contributed by atoms with Gasteiger partial charge in [0.15, 0.2) is 0 Å². The van der Waals surface area contributed by atoms with E-state index in [1.165, 1.54) is 37.8 Å². The highest BCUT2D eigenvalue weighted by Gasteiger charge is 2.24. The highest BCUT2D eigenvalue weighted by Crippen LogP contribution is 2.23. The molecule has 0 spiro atoms. The Hall–Kier alpha value is -1.09. The van der Waals surface area contributed by atoms with Crippen molar-refractivity contribution in [3.8, 4) is 0 Å². The monoisotopic (exact) mass is 245 g/mol. The molecule has 0 aromatic carbocycles. The van der Waals surface area contributed by atoms with E-state index in [9.17, 15) is 0 Å². The van der Waals surface area contributed by atoms with Crippen LogP contribution in [0.1, 0.15) is 31.2 Å². The van der Waals surface area contributed by atoms with Crippen molar-refractivity contribution >= 4 is 5.82 Å². The minimum Gasteiger partial charge on any atom is -0.357 e. The summed E-state index contributed by atoms with van der Waals surface area (Å²) in [4.78, 5) is 6.95. The Morgan fingerprint density at radius 1 is 1.22 bits per heavy atom. The number of hydrogen-bond donors (Lipinski definition) is 1. The summed E-state index contributed by atoms with van der Waals surface area (Å²) in [6.45, 7) is 5.63. The number of nitrogens with one attached hydrogen (secondary N) is 1. The third kappa shape index (κ3) is 3.02. The van der Waals surface area contributed by atoms with Gasteiger partial charge in [0.1, 0.15) is 5.82 Å². The van der Waals surface area contributed by atoms with Crippen LogP contribution < -0.4 is 10.2 Å². The van der Waals surface area contributed by atoms with Crippen LogP contribution in [0.2, 0.25) is 0 Å². The van der Waals surface area contributed by atoms with E-state index < -0.39 is 0 Å². The van der Waals surface area contributed by atoms with Crippen molar-refractivity contribution in [1.82, 2.24) is 10.3 Å². The van der Waals surface area contributed by atoms with E-state index in [2.05, 4.69) is 34.3 Å². The first-order chi connectivity index (χ1) is 8.81. The second-order valence-electron chi connectivity index (χ2n) is 5.81. The number of pyridine rings is 1. The van der Waals surface area contributed by atoms with Gasteiger partial charge in [-0.3, -0.25) is 0 Å². The van der Waals surface area contributed by atoms with Gasteiger partial charge in [-0.2, -0.15) is 0 Å². The summed E-state index contributed by atoms with van der Waals surface area (Å²) in [5, 5.41) is 3.65. The molecule has 1 aliphatic carbocycles. The first-order valence-corrected chi connectivity index (χ1v) is 7.22. The number of aryl methyl sites for hydroxylation is 1. The fourth-order valence-corrected chi connectivity index (χ4v) is 2.63. The quantitative estimate of drug-likeness (QED) is 0.882. The number of hydrogen-bond acceptors (Lipinski definition) is 3. The largest absolute Gasteiger partial charge is 0.357 e. The van der Waals surface area contributed by atoms with E-state index >= 15 is 0 Å². The summed E-state index contributed by atoms with van der Waals surface area (Å²) < 4.78 is 0. The summed E-state index contributed by atoms with van der Waals surface area (Å²) in [5.41, 5.74) is 1.24. The van der Waals surface area contributed by atoms with Crippen LogP contribution in [0.5, 0.6) is 0 Å². The van der Waals surface area contributed by atoms with Gasteiger partial charge in [0.05, 0.1) is 0 Å². The van der Waals surface area contributed by atoms with E-state index in [1.807, 2.05) is 6.20 Å². The number of anilines is 1. The van der Waals surface area contributed by atoms with Crippen molar-refractivity contribution in [2.24, 2.45) is 5.92 Å². The molecule has 3 nitrogen and oxygen atoms in total. The standard InChI is InChI=1S/C15H23N3/c1-12-2-5-15(17-10-12)18-8-6-13(7-9-18)11-16-14-3-4-14/h2,5,10,13-14,16H,3-4,6-9,11H2,1H3. The molecule has 1 aromatic heterocycles. The predicted octanol–water partition coefficient (Wildman–Crippen LogP) is 2.36. The van der Waals surface area contributed by atoms with Crippen LogP contribution in [0.3, 0.4) is 0 Å². The number of nitrogens with zero attached hydrogens (tertiary/aromatic N) is 2. The van der Waals surface area contributed by atoms with Crippen LogP contribution >= 0.6 is 0 Å². The number of aromatic nitrogens is 1. The minimum absolute atomic E-state index is 0.849. The third-order valence-electron chi connectivity index (χ3n) is 4.11. The zero-order valence-electron chi connectivity index (χ0n) is 11.2. The maximum atomic E-state index is 4.52. The van der Waals surface area contributed by atoms with Crippen molar-refractivity contribution in [2.45, 2.75) is 38.6 Å². The van der Waals surface area contributed by atoms with E-state index in [0.717, 1.165) is 30.9 Å². The van der Waals surface area contributed by atoms with Gasteiger partial charge in [-0.15, -0.1) is 0 Å². The van der Waals surface area contributed by atoms with Crippen molar-refractivity contribution in [2.75, 3.05) is 24.5 Å². The summed E-state index contributed by atoms with van der Waals surface area (Å²) in [7, 11) is 0. The molecular formula is C15H23N3. The fourth-order valence-electron chi connectivity index (χ4n) is 2.63. The summed E-state index contributed by atoms with van der Waals surface area (Å²) in [5.74, 6) is 2.02. The van der Waals surface area contributed by atoms with Crippen molar-refractivity contribution in [1.29, 1.82) is 0 Å². The minimum atomic E-state index is 0.849. The summed E-state index contributed by atoms with van der Waals surface area (Å²) in [6.07, 6.45) is 7.36. The van der Waals surface area contributed by atoms with Crippen LogP contribution in [-0.2, 0) is 0 Å². The molecule has 0 atom stereocenters. The van der Waals surface area contributed by atoms with E-state index in [-0.39, 0.29) is 0 Å². The molecule has 1 aliphatic heterocycles. The second kappa shape index (κ2) is 5.27. The predicted molar refractivity (Wildman–Crippen MR) is 74.9 cm³/mol. The molecule has 0 bridgehead atoms. The van der Waals surface area contributed by atoms with Crippen molar-refractivity contribution in [3.63, 3.8) is 0 Å². The molecule has 3 rings (SSSR count). The summed E-state index contributed by atoms with van der Waals surface area (Å²) in [6, 6.07) is 5.16. The molecule has 1 saturated carbocycles. The zero-order chi connectivity index (χ0) is 12.4. The van der Waals surface area contributed by atoms with Crippen LogP contribution in [0.15, 0.2) is 18.3 Å². The Kier molecular flexibility index (Phi) is 3.50. The zero-order valence-corrected chi connectivity index (χ0v) is 11.2. The number of rotatable bonds is 4. The topological polar surface area (TPSA) is 28.2 Å². The van der Waals surface area contributed by atoms with Crippen LogP contribution in [0.4, 0.5) is 5.82 Å². The molecule has 1 N–H and O–H groups in total. The highest BCUT2D eigenvalue weighted by molar-refractivity contribution is 5.39. The molecule has 3 heteroatoms. The van der Waals surface area contributed by atoms with Gasteiger partial charge < -0.3 is 10.2 Å².